The molecule has 0 atom stereocenters. The molecule has 1 N–H and O–H groups in total. The molecule has 1 aliphatic rings. The van der Waals surface area contributed by atoms with E-state index in [9.17, 15) is 4.79 Å². The molecule has 1 aromatic heterocycles. The SMILES string of the molecule is CCCCN1CCC(N(Cc2ccccc2)C(=O)c2cc(-c3ccc(Cl)cc3)[nH]n2)CC1. The monoisotopic (exact) mass is 450 g/mol. The number of benzene rings is 2. The first kappa shape index (κ1) is 22.6. The molecular weight excluding hydrogens is 420 g/mol. The second-order valence-corrected chi connectivity index (χ2v) is 8.96. The smallest absolute Gasteiger partial charge is 0.274 e. The fraction of sp³-hybridized carbons (Fsp3) is 0.385. The van der Waals surface area contributed by atoms with Crippen LogP contribution in [0.25, 0.3) is 11.3 Å². The van der Waals surface area contributed by atoms with Crippen molar-refractivity contribution in [3.8, 4) is 11.3 Å². The van der Waals surface area contributed by atoms with E-state index in [1.807, 2.05) is 53.4 Å². The Bertz CT molecular complexity index is 994. The zero-order valence-electron chi connectivity index (χ0n) is 18.6. The van der Waals surface area contributed by atoms with Gasteiger partial charge in [0.15, 0.2) is 5.69 Å². The Morgan fingerprint density at radius 3 is 2.53 bits per heavy atom. The van der Waals surface area contributed by atoms with E-state index < -0.39 is 0 Å². The van der Waals surface area contributed by atoms with Crippen LogP contribution in [0.4, 0.5) is 0 Å². The molecule has 4 rings (SSSR count). The molecule has 0 bridgehead atoms. The predicted molar refractivity (Wildman–Crippen MR) is 130 cm³/mol. The van der Waals surface area contributed by atoms with Crippen molar-refractivity contribution in [3.05, 3.63) is 76.9 Å². The van der Waals surface area contributed by atoms with Crippen LogP contribution in [0.2, 0.25) is 5.02 Å². The Labute approximate surface area is 195 Å². The van der Waals surface area contributed by atoms with E-state index >= 15 is 0 Å². The Morgan fingerprint density at radius 2 is 1.84 bits per heavy atom. The number of piperidine rings is 1. The minimum Gasteiger partial charge on any atom is -0.330 e. The molecule has 2 heterocycles. The van der Waals surface area contributed by atoms with Crippen molar-refractivity contribution in [1.82, 2.24) is 20.0 Å². The van der Waals surface area contributed by atoms with Gasteiger partial charge in [0, 0.05) is 30.7 Å². The van der Waals surface area contributed by atoms with E-state index in [1.54, 1.807) is 0 Å². The summed E-state index contributed by atoms with van der Waals surface area (Å²) in [6, 6.07) is 19.8. The maximum Gasteiger partial charge on any atom is 0.274 e. The van der Waals surface area contributed by atoms with Gasteiger partial charge in [-0.15, -0.1) is 0 Å². The molecule has 168 valence electrons. The Hall–Kier alpha value is -2.63. The van der Waals surface area contributed by atoms with Crippen LogP contribution in [0.15, 0.2) is 60.7 Å². The second-order valence-electron chi connectivity index (χ2n) is 8.52. The Morgan fingerprint density at radius 1 is 1.12 bits per heavy atom. The number of amides is 1. The fourth-order valence-electron chi connectivity index (χ4n) is 4.34. The highest BCUT2D eigenvalue weighted by atomic mass is 35.5. The largest absolute Gasteiger partial charge is 0.330 e. The van der Waals surface area contributed by atoms with Crippen LogP contribution in [0.3, 0.4) is 0 Å². The summed E-state index contributed by atoms with van der Waals surface area (Å²) in [6.45, 7) is 6.07. The topological polar surface area (TPSA) is 52.2 Å². The van der Waals surface area contributed by atoms with Crippen LogP contribution < -0.4 is 0 Å². The summed E-state index contributed by atoms with van der Waals surface area (Å²) in [5, 5.41) is 8.08. The Kier molecular flexibility index (Phi) is 7.61. The molecule has 6 heteroatoms. The second kappa shape index (κ2) is 10.8. The van der Waals surface area contributed by atoms with Crippen molar-refractivity contribution < 1.29 is 4.79 Å². The number of unbranched alkanes of at least 4 members (excludes halogenated alkanes) is 1. The van der Waals surface area contributed by atoms with Crippen LogP contribution in [-0.4, -0.2) is 51.6 Å². The number of rotatable bonds is 8. The number of aromatic amines is 1. The number of nitrogens with one attached hydrogen (secondary N) is 1. The van der Waals surface area contributed by atoms with Gasteiger partial charge in [0.25, 0.3) is 5.91 Å². The average molecular weight is 451 g/mol. The first-order valence-electron chi connectivity index (χ1n) is 11.5. The fourth-order valence-corrected chi connectivity index (χ4v) is 4.46. The minimum absolute atomic E-state index is 0.0164. The summed E-state index contributed by atoms with van der Waals surface area (Å²) in [6.07, 6.45) is 4.44. The van der Waals surface area contributed by atoms with Gasteiger partial charge in [0.2, 0.25) is 0 Å². The van der Waals surface area contributed by atoms with Gasteiger partial charge < -0.3 is 9.80 Å². The number of halogens is 1. The van der Waals surface area contributed by atoms with Gasteiger partial charge in [-0.05, 0) is 55.1 Å². The number of carbonyl (C=O) groups is 1. The van der Waals surface area contributed by atoms with Crippen LogP contribution in [0, 0.1) is 0 Å². The third-order valence-corrected chi connectivity index (χ3v) is 6.49. The van der Waals surface area contributed by atoms with Crippen molar-refractivity contribution in [2.45, 2.75) is 45.2 Å². The summed E-state index contributed by atoms with van der Waals surface area (Å²) in [5.74, 6) is -0.0164. The summed E-state index contributed by atoms with van der Waals surface area (Å²) < 4.78 is 0. The maximum atomic E-state index is 13.6. The molecule has 0 saturated carbocycles. The first-order chi connectivity index (χ1) is 15.6. The number of hydrogen-bond donors (Lipinski definition) is 1. The molecule has 0 aliphatic carbocycles. The molecule has 0 radical (unpaired) electrons. The highest BCUT2D eigenvalue weighted by Gasteiger charge is 2.30. The van der Waals surface area contributed by atoms with Crippen molar-refractivity contribution in [3.63, 3.8) is 0 Å². The number of carbonyl (C=O) groups excluding carboxylic acids is 1. The lowest BCUT2D eigenvalue weighted by Crippen LogP contribution is -2.47. The predicted octanol–water partition coefficient (Wildman–Crippen LogP) is 5.64. The normalized spacial score (nSPS) is 15.1. The molecule has 0 spiro atoms. The highest BCUT2D eigenvalue weighted by Crippen LogP contribution is 2.24. The molecule has 1 fully saturated rings. The first-order valence-corrected chi connectivity index (χ1v) is 11.9. The molecule has 1 aliphatic heterocycles. The molecule has 1 amide bonds. The molecule has 32 heavy (non-hydrogen) atoms. The quantitative estimate of drug-likeness (QED) is 0.483. The zero-order valence-corrected chi connectivity index (χ0v) is 19.4. The van der Waals surface area contributed by atoms with Crippen molar-refractivity contribution >= 4 is 17.5 Å². The van der Waals surface area contributed by atoms with Gasteiger partial charge in [-0.2, -0.15) is 5.10 Å². The lowest BCUT2D eigenvalue weighted by atomic mass is 10.0. The average Bonchev–Trinajstić information content (AvgIpc) is 3.33. The van der Waals surface area contributed by atoms with Gasteiger partial charge in [0.1, 0.15) is 0 Å². The minimum atomic E-state index is -0.0164. The van der Waals surface area contributed by atoms with Crippen molar-refractivity contribution in [1.29, 1.82) is 0 Å². The molecule has 2 aromatic carbocycles. The lowest BCUT2D eigenvalue weighted by Gasteiger charge is -2.38. The van der Waals surface area contributed by atoms with Crippen LogP contribution >= 0.6 is 11.6 Å². The lowest BCUT2D eigenvalue weighted by molar-refractivity contribution is 0.0543. The number of nitrogens with zero attached hydrogens (tertiary/aromatic N) is 3. The molecule has 0 unspecified atom stereocenters. The molecular formula is C26H31ClN4O. The summed E-state index contributed by atoms with van der Waals surface area (Å²) in [7, 11) is 0. The van der Waals surface area contributed by atoms with Crippen molar-refractivity contribution in [2.75, 3.05) is 19.6 Å². The zero-order chi connectivity index (χ0) is 22.3. The third kappa shape index (κ3) is 5.59. The van der Waals surface area contributed by atoms with E-state index in [1.165, 1.54) is 12.8 Å². The van der Waals surface area contributed by atoms with Gasteiger partial charge >= 0.3 is 0 Å². The number of hydrogen-bond acceptors (Lipinski definition) is 3. The van der Waals surface area contributed by atoms with E-state index in [0.717, 1.165) is 49.3 Å². The van der Waals surface area contributed by atoms with Gasteiger partial charge in [-0.25, -0.2) is 0 Å². The van der Waals surface area contributed by atoms with Gasteiger partial charge in [-0.3, -0.25) is 9.89 Å². The highest BCUT2D eigenvalue weighted by molar-refractivity contribution is 6.30. The van der Waals surface area contributed by atoms with Crippen LogP contribution in [-0.2, 0) is 6.54 Å². The van der Waals surface area contributed by atoms with E-state index in [-0.39, 0.29) is 11.9 Å². The number of H-pyrrole nitrogens is 1. The van der Waals surface area contributed by atoms with Gasteiger partial charge in [-0.1, -0.05) is 67.4 Å². The summed E-state index contributed by atoms with van der Waals surface area (Å²) in [4.78, 5) is 18.2. The summed E-state index contributed by atoms with van der Waals surface area (Å²) in [5.41, 5.74) is 3.38. The Balaban J connectivity index is 1.52. The third-order valence-electron chi connectivity index (χ3n) is 6.23. The number of likely N-dealkylation sites (tertiary alicyclic amines) is 1. The van der Waals surface area contributed by atoms with Crippen LogP contribution in [0.5, 0.6) is 0 Å². The number of aromatic nitrogens is 2. The maximum absolute atomic E-state index is 13.6. The molecule has 1 saturated heterocycles. The molecule has 5 nitrogen and oxygen atoms in total. The molecule has 3 aromatic rings. The van der Waals surface area contributed by atoms with Crippen molar-refractivity contribution in [2.24, 2.45) is 0 Å². The van der Waals surface area contributed by atoms with E-state index in [4.69, 9.17) is 11.6 Å². The van der Waals surface area contributed by atoms with E-state index in [0.29, 0.717) is 17.3 Å². The van der Waals surface area contributed by atoms with Crippen LogP contribution in [0.1, 0.15) is 48.7 Å². The van der Waals surface area contributed by atoms with Gasteiger partial charge in [0.05, 0.1) is 5.69 Å². The summed E-state index contributed by atoms with van der Waals surface area (Å²) >= 11 is 6.01. The standard InChI is InChI=1S/C26H31ClN4O/c1-2-3-15-30-16-13-23(14-17-30)31(19-20-7-5-4-6-8-20)26(32)25-18-24(28-29-25)21-9-11-22(27)12-10-21/h4-12,18,23H,2-3,13-17,19H2,1H3,(H,28,29). The van der Waals surface area contributed by atoms with E-state index in [2.05, 4.69) is 34.2 Å².